The van der Waals surface area contributed by atoms with Gasteiger partial charge in [-0.3, -0.25) is 4.79 Å². The summed E-state index contributed by atoms with van der Waals surface area (Å²) < 4.78 is 92.0. The largest absolute Gasteiger partial charge is 0.416 e. The van der Waals surface area contributed by atoms with E-state index in [0.717, 1.165) is 16.4 Å². The molecule has 0 unspecified atom stereocenters. The Bertz CT molecular complexity index is 1320. The topological polar surface area (TPSA) is 79.4 Å². The second-order valence-electron chi connectivity index (χ2n) is 7.80. The van der Waals surface area contributed by atoms with Crippen LogP contribution in [0.5, 0.6) is 0 Å². The van der Waals surface area contributed by atoms with Crippen LogP contribution in [-0.4, -0.2) is 36.2 Å². The number of nitrogens with one attached hydrogen (secondary N) is 1. The van der Waals surface area contributed by atoms with Crippen molar-refractivity contribution >= 4 is 27.3 Å². The number of rotatable bonds is 6. The molecular weight excluding hydrogens is 513 g/mol. The lowest BCUT2D eigenvalue weighted by molar-refractivity contribution is -0.137. The van der Waals surface area contributed by atoms with E-state index in [1.165, 1.54) is 23.5 Å². The van der Waals surface area contributed by atoms with Crippen molar-refractivity contribution in [2.24, 2.45) is 0 Å². The summed E-state index contributed by atoms with van der Waals surface area (Å²) in [4.78, 5) is 16.5. The van der Waals surface area contributed by atoms with Crippen LogP contribution in [0.15, 0.2) is 52.7 Å². The van der Waals surface area contributed by atoms with Crippen molar-refractivity contribution in [3.8, 4) is 11.3 Å². The lowest BCUT2D eigenvalue weighted by Gasteiger charge is -2.23. The maximum Gasteiger partial charge on any atom is 0.416 e. The number of hydrogen-bond donors (Lipinski definition) is 1. The molecule has 13 heteroatoms. The molecule has 35 heavy (non-hydrogen) atoms. The van der Waals surface area contributed by atoms with Crippen molar-refractivity contribution in [2.45, 2.75) is 36.5 Å². The molecule has 1 saturated heterocycles. The summed E-state index contributed by atoms with van der Waals surface area (Å²) in [5.41, 5.74) is 0.134. The summed E-state index contributed by atoms with van der Waals surface area (Å²) >= 11 is 1.18. The number of alkyl halides is 3. The Morgan fingerprint density at radius 3 is 2.40 bits per heavy atom. The zero-order valence-corrected chi connectivity index (χ0v) is 19.5. The van der Waals surface area contributed by atoms with E-state index in [1.54, 1.807) is 5.38 Å². The van der Waals surface area contributed by atoms with Gasteiger partial charge in [-0.1, -0.05) is 12.1 Å². The van der Waals surface area contributed by atoms with Crippen molar-refractivity contribution in [1.29, 1.82) is 0 Å². The van der Waals surface area contributed by atoms with E-state index in [2.05, 4.69) is 10.3 Å². The number of benzene rings is 2. The van der Waals surface area contributed by atoms with Crippen molar-refractivity contribution in [3.05, 3.63) is 70.1 Å². The first-order valence-corrected chi connectivity index (χ1v) is 12.6. The number of sulfonamides is 1. The van der Waals surface area contributed by atoms with Crippen molar-refractivity contribution in [2.75, 3.05) is 6.54 Å². The molecule has 1 aliphatic heterocycles. The molecule has 1 amide bonds. The van der Waals surface area contributed by atoms with Gasteiger partial charge < -0.3 is 5.32 Å². The molecule has 1 atom stereocenters. The van der Waals surface area contributed by atoms with Gasteiger partial charge in [-0.05, 0) is 37.1 Å². The maximum atomic E-state index is 13.5. The van der Waals surface area contributed by atoms with Gasteiger partial charge in [0.2, 0.25) is 15.9 Å². The Morgan fingerprint density at radius 1 is 1.11 bits per heavy atom. The fourth-order valence-corrected chi connectivity index (χ4v) is 6.18. The summed E-state index contributed by atoms with van der Waals surface area (Å²) in [6.07, 6.45) is -3.82. The van der Waals surface area contributed by atoms with Gasteiger partial charge in [-0.2, -0.15) is 17.5 Å². The highest BCUT2D eigenvalue weighted by molar-refractivity contribution is 7.89. The summed E-state index contributed by atoms with van der Waals surface area (Å²) in [5.74, 6) is -2.68. The predicted molar refractivity (Wildman–Crippen MR) is 118 cm³/mol. The van der Waals surface area contributed by atoms with Crippen molar-refractivity contribution < 1.29 is 35.2 Å². The fourth-order valence-electron chi connectivity index (χ4n) is 3.74. The average molecular weight is 532 g/mol. The monoisotopic (exact) mass is 531 g/mol. The van der Waals surface area contributed by atoms with E-state index in [1.807, 2.05) is 0 Å². The number of carbonyl (C=O) groups excluding carboxylic acids is 1. The molecule has 3 aromatic rings. The van der Waals surface area contributed by atoms with Gasteiger partial charge in [-0.25, -0.2) is 22.2 Å². The van der Waals surface area contributed by atoms with Gasteiger partial charge in [0.1, 0.15) is 22.7 Å². The molecule has 1 aromatic heterocycles. The molecule has 0 radical (unpaired) electrons. The molecule has 1 aliphatic rings. The molecule has 2 heterocycles. The SMILES string of the molecule is O=C(NCc1nc(-c2ccc(C(F)(F)F)cc2)cs1)[C@H]1CCCN1S(=O)(=O)c1cc(F)cc(F)c1. The van der Waals surface area contributed by atoms with Gasteiger partial charge in [0.25, 0.3) is 0 Å². The summed E-state index contributed by atoms with van der Waals surface area (Å²) in [7, 11) is -4.31. The summed E-state index contributed by atoms with van der Waals surface area (Å²) in [5, 5.41) is 4.72. The molecular formula is C22H18F5N3O3S2. The zero-order chi connectivity index (χ0) is 25.4. The Hall–Kier alpha value is -2.90. The highest BCUT2D eigenvalue weighted by atomic mass is 32.2. The zero-order valence-electron chi connectivity index (χ0n) is 17.9. The molecule has 0 saturated carbocycles. The van der Waals surface area contributed by atoms with Crippen LogP contribution in [0.3, 0.4) is 0 Å². The maximum absolute atomic E-state index is 13.5. The van der Waals surface area contributed by atoms with E-state index in [-0.39, 0.29) is 19.5 Å². The van der Waals surface area contributed by atoms with Crippen LogP contribution in [0.1, 0.15) is 23.4 Å². The molecule has 0 spiro atoms. The number of nitrogens with zero attached hydrogens (tertiary/aromatic N) is 2. The number of halogens is 5. The minimum atomic E-state index is -4.44. The van der Waals surface area contributed by atoms with Crippen LogP contribution in [0.2, 0.25) is 0 Å². The molecule has 4 rings (SSSR count). The third kappa shape index (κ3) is 5.52. The third-order valence-corrected chi connectivity index (χ3v) is 8.16. The standard InChI is InChI=1S/C22H18F5N3O3S2/c23-15-8-16(24)10-17(9-15)35(32,33)30-7-1-2-19(30)21(31)28-11-20-29-18(12-34-20)13-3-5-14(6-4-13)22(25,26)27/h3-6,8-10,12,19H,1-2,7,11H2,(H,28,31)/t19-/m1/s1. The van der Waals surface area contributed by atoms with Gasteiger partial charge in [0.05, 0.1) is 22.7 Å². The van der Waals surface area contributed by atoms with Gasteiger partial charge in [0, 0.05) is 23.6 Å². The van der Waals surface area contributed by atoms with Crippen LogP contribution in [0.4, 0.5) is 22.0 Å². The molecule has 186 valence electrons. The van der Waals surface area contributed by atoms with Gasteiger partial charge in [0.15, 0.2) is 0 Å². The summed E-state index contributed by atoms with van der Waals surface area (Å²) in [6, 6.07) is 5.41. The lowest BCUT2D eigenvalue weighted by Crippen LogP contribution is -2.45. The number of thiazole rings is 1. The predicted octanol–water partition coefficient (Wildman–Crippen LogP) is 4.58. The normalized spacial score (nSPS) is 17.0. The van der Waals surface area contributed by atoms with Crippen molar-refractivity contribution in [1.82, 2.24) is 14.6 Å². The number of carbonyl (C=O) groups is 1. The Labute approximate surface area is 201 Å². The Morgan fingerprint density at radius 2 is 1.77 bits per heavy atom. The number of amides is 1. The second-order valence-corrected chi connectivity index (χ2v) is 10.6. The van der Waals surface area contributed by atoms with Crippen LogP contribution < -0.4 is 5.32 Å². The second kappa shape index (κ2) is 9.63. The van der Waals surface area contributed by atoms with E-state index < -0.39 is 50.2 Å². The number of aromatic nitrogens is 1. The van der Waals surface area contributed by atoms with Crippen LogP contribution in [0, 0.1) is 11.6 Å². The summed E-state index contributed by atoms with van der Waals surface area (Å²) in [6.45, 7) is -0.00299. The first-order chi connectivity index (χ1) is 16.4. The highest BCUT2D eigenvalue weighted by Crippen LogP contribution is 2.31. The quantitative estimate of drug-likeness (QED) is 0.473. The molecule has 2 aromatic carbocycles. The number of hydrogen-bond acceptors (Lipinski definition) is 5. The first-order valence-electron chi connectivity index (χ1n) is 10.3. The van der Waals surface area contributed by atoms with Gasteiger partial charge >= 0.3 is 6.18 Å². The first kappa shape index (κ1) is 25.2. The third-order valence-electron chi connectivity index (χ3n) is 5.42. The lowest BCUT2D eigenvalue weighted by atomic mass is 10.1. The molecule has 6 nitrogen and oxygen atoms in total. The fraction of sp³-hybridized carbons (Fsp3) is 0.273. The van der Waals surface area contributed by atoms with E-state index in [0.29, 0.717) is 40.9 Å². The van der Waals surface area contributed by atoms with E-state index in [4.69, 9.17) is 0 Å². The minimum absolute atomic E-state index is 0.0217. The van der Waals surface area contributed by atoms with E-state index in [9.17, 15) is 35.2 Å². The average Bonchev–Trinajstić information content (AvgIpc) is 3.47. The minimum Gasteiger partial charge on any atom is -0.348 e. The molecule has 0 aliphatic carbocycles. The van der Waals surface area contributed by atoms with Crippen LogP contribution >= 0.6 is 11.3 Å². The van der Waals surface area contributed by atoms with Crippen molar-refractivity contribution in [3.63, 3.8) is 0 Å². The molecule has 1 N–H and O–H groups in total. The Balaban J connectivity index is 1.43. The van der Waals surface area contributed by atoms with E-state index >= 15 is 0 Å². The van der Waals surface area contributed by atoms with Crippen LogP contribution in [0.25, 0.3) is 11.3 Å². The van der Waals surface area contributed by atoms with Gasteiger partial charge in [-0.15, -0.1) is 11.3 Å². The highest BCUT2D eigenvalue weighted by Gasteiger charge is 2.39. The molecule has 0 bridgehead atoms. The van der Waals surface area contributed by atoms with Crippen LogP contribution in [-0.2, 0) is 27.5 Å². The molecule has 1 fully saturated rings. The Kier molecular flexibility index (Phi) is 6.93. The smallest absolute Gasteiger partial charge is 0.348 e.